The average molecular weight is 340 g/mol. The molecule has 2 aliphatic rings. The van der Waals surface area contributed by atoms with Gasteiger partial charge in [-0.05, 0) is 61.6 Å². The summed E-state index contributed by atoms with van der Waals surface area (Å²) in [6.07, 6.45) is 10.2. The number of nitrogens with one attached hydrogen (secondary N) is 1. The Morgan fingerprint density at radius 2 is 2.11 bits per heavy atom. The van der Waals surface area contributed by atoms with Crippen LogP contribution in [0.4, 0.5) is 0 Å². The molecule has 2 aliphatic carbocycles. The molecule has 3 heteroatoms. The number of hydrogen-bond acceptors (Lipinski definition) is 2. The second-order valence-corrected chi connectivity index (χ2v) is 7.82. The number of fused-ring (bicyclic) bond motifs is 1. The highest BCUT2D eigenvalue weighted by Crippen LogP contribution is 2.31. The molecule has 0 aromatic heterocycles. The van der Waals surface area contributed by atoms with Gasteiger partial charge in [-0.3, -0.25) is 0 Å². The first kappa shape index (κ1) is 14.0. The summed E-state index contributed by atoms with van der Waals surface area (Å²) in [5.41, 5.74) is 3.09. The lowest BCUT2D eigenvalue weighted by molar-refractivity contribution is 0.399. The molecular weight excluding hydrogens is 318 g/mol. The smallest absolute Gasteiger partial charge is 0.0198 e. The Bertz CT molecular complexity index is 448. The summed E-state index contributed by atoms with van der Waals surface area (Å²) in [6.45, 7) is 0. The van der Waals surface area contributed by atoms with E-state index in [1.54, 1.807) is 11.1 Å². The van der Waals surface area contributed by atoms with Crippen molar-refractivity contribution in [2.75, 3.05) is 6.26 Å². The zero-order valence-electron chi connectivity index (χ0n) is 11.5. The Hall–Kier alpha value is 0.01000. The van der Waals surface area contributed by atoms with Gasteiger partial charge in [0.15, 0.2) is 0 Å². The van der Waals surface area contributed by atoms with Crippen LogP contribution in [0.1, 0.15) is 36.8 Å². The molecule has 1 nitrogen and oxygen atoms in total. The molecule has 1 aromatic carbocycles. The highest BCUT2D eigenvalue weighted by Gasteiger charge is 2.29. The van der Waals surface area contributed by atoms with E-state index in [1.807, 2.05) is 11.8 Å². The van der Waals surface area contributed by atoms with Gasteiger partial charge in [0.1, 0.15) is 0 Å². The Labute approximate surface area is 129 Å². The zero-order chi connectivity index (χ0) is 13.2. The summed E-state index contributed by atoms with van der Waals surface area (Å²) < 4.78 is 1.22. The Balaban J connectivity index is 1.64. The summed E-state index contributed by atoms with van der Waals surface area (Å²) in [5.74, 6) is 0. The van der Waals surface area contributed by atoms with Crippen LogP contribution in [0, 0.1) is 0 Å². The fraction of sp³-hybridized carbons (Fsp3) is 0.625. The van der Waals surface area contributed by atoms with Crippen molar-refractivity contribution in [3.8, 4) is 0 Å². The summed E-state index contributed by atoms with van der Waals surface area (Å²) >= 11 is 5.62. The first-order valence-corrected chi connectivity index (χ1v) is 9.40. The summed E-state index contributed by atoms with van der Waals surface area (Å²) in [4.78, 5) is 0. The molecule has 3 rings (SSSR count). The topological polar surface area (TPSA) is 12.0 Å². The van der Waals surface area contributed by atoms with Gasteiger partial charge >= 0.3 is 0 Å². The van der Waals surface area contributed by atoms with Crippen LogP contribution < -0.4 is 5.32 Å². The maximum atomic E-state index is 3.94. The molecule has 104 valence electrons. The highest BCUT2D eigenvalue weighted by atomic mass is 79.9. The minimum Gasteiger partial charge on any atom is -0.310 e. The lowest BCUT2D eigenvalue weighted by atomic mass is 9.88. The predicted octanol–water partition coefficient (Wildman–Crippen LogP) is 4.18. The van der Waals surface area contributed by atoms with E-state index in [2.05, 4.69) is 45.7 Å². The molecule has 0 spiro atoms. The Morgan fingerprint density at radius 3 is 2.95 bits per heavy atom. The van der Waals surface area contributed by atoms with Gasteiger partial charge in [0.2, 0.25) is 0 Å². The SMILES string of the molecule is CSC1CCCC1NC1CCc2cc(Br)ccc2C1. The molecule has 19 heavy (non-hydrogen) atoms. The van der Waals surface area contributed by atoms with Gasteiger partial charge in [0.05, 0.1) is 0 Å². The third kappa shape index (κ3) is 3.20. The van der Waals surface area contributed by atoms with Crippen molar-refractivity contribution >= 4 is 27.7 Å². The minimum absolute atomic E-state index is 0.687. The van der Waals surface area contributed by atoms with Crippen LogP contribution in [0.2, 0.25) is 0 Å². The van der Waals surface area contributed by atoms with Gasteiger partial charge in [-0.1, -0.05) is 28.4 Å². The lowest BCUT2D eigenvalue weighted by Gasteiger charge is -2.30. The van der Waals surface area contributed by atoms with Crippen LogP contribution in [0.25, 0.3) is 0 Å². The second kappa shape index (κ2) is 6.19. The molecule has 0 saturated heterocycles. The molecule has 0 radical (unpaired) electrons. The van der Waals surface area contributed by atoms with Crippen molar-refractivity contribution in [2.45, 2.75) is 55.9 Å². The van der Waals surface area contributed by atoms with Gasteiger partial charge in [0.25, 0.3) is 0 Å². The van der Waals surface area contributed by atoms with E-state index in [-0.39, 0.29) is 0 Å². The summed E-state index contributed by atoms with van der Waals surface area (Å²) in [5, 5.41) is 4.78. The van der Waals surface area contributed by atoms with E-state index in [9.17, 15) is 0 Å². The number of rotatable bonds is 3. The molecule has 1 aromatic rings. The van der Waals surface area contributed by atoms with Gasteiger partial charge in [-0.15, -0.1) is 0 Å². The standard InChI is InChI=1S/C16H22BrNS/c1-19-16-4-2-3-15(16)18-14-8-6-11-9-13(17)7-5-12(11)10-14/h5,7,9,14-16,18H,2-4,6,8,10H2,1H3. The molecule has 0 heterocycles. The maximum absolute atomic E-state index is 3.94. The number of aryl methyl sites for hydroxylation is 1. The van der Waals surface area contributed by atoms with Crippen molar-refractivity contribution in [1.82, 2.24) is 5.32 Å². The van der Waals surface area contributed by atoms with Crippen molar-refractivity contribution < 1.29 is 0 Å². The average Bonchev–Trinajstić information content (AvgIpc) is 2.86. The highest BCUT2D eigenvalue weighted by molar-refractivity contribution is 9.10. The van der Waals surface area contributed by atoms with Crippen LogP contribution in [0.15, 0.2) is 22.7 Å². The molecular formula is C16H22BrNS. The van der Waals surface area contributed by atoms with E-state index >= 15 is 0 Å². The number of hydrogen-bond donors (Lipinski definition) is 1. The van der Waals surface area contributed by atoms with Crippen molar-refractivity contribution in [1.29, 1.82) is 0 Å². The molecule has 3 unspecified atom stereocenters. The molecule has 0 bridgehead atoms. The Morgan fingerprint density at radius 1 is 1.21 bits per heavy atom. The second-order valence-electron chi connectivity index (χ2n) is 5.83. The largest absolute Gasteiger partial charge is 0.310 e. The molecule has 1 N–H and O–H groups in total. The van der Waals surface area contributed by atoms with Crippen molar-refractivity contribution in [2.24, 2.45) is 0 Å². The van der Waals surface area contributed by atoms with Crippen LogP contribution in [0.5, 0.6) is 0 Å². The first-order chi connectivity index (χ1) is 9.26. The number of benzene rings is 1. The lowest BCUT2D eigenvalue weighted by Crippen LogP contribution is -2.44. The van der Waals surface area contributed by atoms with E-state index in [0.29, 0.717) is 6.04 Å². The van der Waals surface area contributed by atoms with E-state index in [0.717, 1.165) is 11.3 Å². The molecule has 1 saturated carbocycles. The van der Waals surface area contributed by atoms with Crippen molar-refractivity contribution in [3.63, 3.8) is 0 Å². The summed E-state index contributed by atoms with van der Waals surface area (Å²) in [6, 6.07) is 8.21. The van der Waals surface area contributed by atoms with Crippen LogP contribution in [-0.4, -0.2) is 23.6 Å². The van der Waals surface area contributed by atoms with E-state index in [4.69, 9.17) is 0 Å². The van der Waals surface area contributed by atoms with Gasteiger partial charge in [0, 0.05) is 21.8 Å². The van der Waals surface area contributed by atoms with Gasteiger partial charge < -0.3 is 5.32 Å². The summed E-state index contributed by atoms with van der Waals surface area (Å²) in [7, 11) is 0. The predicted molar refractivity (Wildman–Crippen MR) is 88.0 cm³/mol. The van der Waals surface area contributed by atoms with Crippen LogP contribution >= 0.6 is 27.7 Å². The Kier molecular flexibility index (Phi) is 4.55. The normalized spacial score (nSPS) is 30.3. The van der Waals surface area contributed by atoms with Crippen LogP contribution in [0.3, 0.4) is 0 Å². The first-order valence-electron chi connectivity index (χ1n) is 7.32. The minimum atomic E-state index is 0.687. The molecule has 0 aliphatic heterocycles. The van der Waals surface area contributed by atoms with E-state index < -0.39 is 0 Å². The quantitative estimate of drug-likeness (QED) is 0.886. The monoisotopic (exact) mass is 339 g/mol. The van der Waals surface area contributed by atoms with E-state index in [1.165, 1.54) is 43.0 Å². The molecule has 3 atom stereocenters. The van der Waals surface area contributed by atoms with Gasteiger partial charge in [-0.25, -0.2) is 0 Å². The van der Waals surface area contributed by atoms with Gasteiger partial charge in [-0.2, -0.15) is 11.8 Å². The fourth-order valence-electron chi connectivity index (χ4n) is 3.57. The fourth-order valence-corrected chi connectivity index (χ4v) is 4.92. The third-order valence-corrected chi connectivity index (χ3v) is 6.26. The molecule has 0 amide bonds. The number of thioether (sulfide) groups is 1. The number of halogens is 1. The molecule has 1 fully saturated rings. The zero-order valence-corrected chi connectivity index (χ0v) is 13.9. The third-order valence-electron chi connectivity index (χ3n) is 4.60. The van der Waals surface area contributed by atoms with Crippen molar-refractivity contribution in [3.05, 3.63) is 33.8 Å². The van der Waals surface area contributed by atoms with Crippen LogP contribution in [-0.2, 0) is 12.8 Å². The maximum Gasteiger partial charge on any atom is 0.0198 e.